The van der Waals surface area contributed by atoms with Crippen molar-refractivity contribution < 1.29 is 19.0 Å². The number of hydrogen-bond donors (Lipinski definition) is 1. The van der Waals surface area contributed by atoms with Gasteiger partial charge < -0.3 is 29.0 Å². The number of piperazine rings is 1. The number of H-pyrrole nitrogens is 1. The minimum absolute atomic E-state index is 0.0119. The molecule has 3 aromatic rings. The van der Waals surface area contributed by atoms with Crippen molar-refractivity contribution in [3.8, 4) is 17.2 Å². The molecule has 7 nitrogen and oxygen atoms in total. The van der Waals surface area contributed by atoms with Gasteiger partial charge in [0.1, 0.15) is 11.4 Å². The van der Waals surface area contributed by atoms with Crippen LogP contribution in [0.25, 0.3) is 10.9 Å². The van der Waals surface area contributed by atoms with E-state index in [9.17, 15) is 4.79 Å². The minimum Gasteiger partial charge on any atom is -0.495 e. The van der Waals surface area contributed by atoms with Crippen molar-refractivity contribution >= 4 is 22.5 Å². The molecule has 2 aliphatic heterocycles. The molecular formula is C21H21N3O4. The second-order valence-corrected chi connectivity index (χ2v) is 6.93. The summed E-state index contributed by atoms with van der Waals surface area (Å²) >= 11 is 0. The standard InChI is InChI=1S/C21H21N3O4/c1-26-18-5-3-2-4-17(18)23-6-8-24(9-7-23)21(25)16-10-14-11-19-20(28-13-27-19)12-15(14)22-16/h2-5,10-12,22H,6-9,13H2,1H3. The summed E-state index contributed by atoms with van der Waals surface area (Å²) in [6.07, 6.45) is 0. The van der Waals surface area contributed by atoms with E-state index in [4.69, 9.17) is 14.2 Å². The molecule has 3 heterocycles. The SMILES string of the molecule is COc1ccccc1N1CCN(C(=O)c2cc3cc4c(cc3[nH]2)OCO4)CC1. The van der Waals surface area contributed by atoms with Gasteiger partial charge in [-0.2, -0.15) is 0 Å². The molecule has 144 valence electrons. The number of methoxy groups -OCH3 is 1. The van der Waals surface area contributed by atoms with Gasteiger partial charge in [-0.25, -0.2) is 0 Å². The molecule has 7 heteroatoms. The third-order valence-corrected chi connectivity index (χ3v) is 5.34. The summed E-state index contributed by atoms with van der Waals surface area (Å²) in [5, 5.41) is 0.945. The van der Waals surface area contributed by atoms with Crippen LogP contribution >= 0.6 is 0 Å². The fourth-order valence-corrected chi connectivity index (χ4v) is 3.85. The van der Waals surface area contributed by atoms with E-state index in [0.717, 1.165) is 41.2 Å². The Hall–Kier alpha value is -3.35. The summed E-state index contributed by atoms with van der Waals surface area (Å²) < 4.78 is 16.3. The van der Waals surface area contributed by atoms with Crippen molar-refractivity contribution in [3.63, 3.8) is 0 Å². The number of amides is 1. The van der Waals surface area contributed by atoms with Gasteiger partial charge in [0.2, 0.25) is 6.79 Å². The number of benzene rings is 2. The third-order valence-electron chi connectivity index (χ3n) is 5.34. The predicted octanol–water partition coefficient (Wildman–Crippen LogP) is 2.87. The summed E-state index contributed by atoms with van der Waals surface area (Å²) in [6.45, 7) is 3.10. The molecule has 2 aromatic carbocycles. The molecule has 28 heavy (non-hydrogen) atoms. The highest BCUT2D eigenvalue weighted by Crippen LogP contribution is 2.36. The van der Waals surface area contributed by atoms with Crippen molar-refractivity contribution in [2.75, 3.05) is 45.0 Å². The van der Waals surface area contributed by atoms with Crippen LogP contribution in [0.5, 0.6) is 17.2 Å². The van der Waals surface area contributed by atoms with Crippen LogP contribution in [0, 0.1) is 0 Å². The van der Waals surface area contributed by atoms with E-state index < -0.39 is 0 Å². The highest BCUT2D eigenvalue weighted by Gasteiger charge is 2.25. The van der Waals surface area contributed by atoms with Crippen LogP contribution in [-0.2, 0) is 0 Å². The number of rotatable bonds is 3. The van der Waals surface area contributed by atoms with E-state index in [0.29, 0.717) is 24.5 Å². The first-order valence-electron chi connectivity index (χ1n) is 9.32. The summed E-state index contributed by atoms with van der Waals surface area (Å²) in [6, 6.07) is 13.7. The van der Waals surface area contributed by atoms with Crippen molar-refractivity contribution in [3.05, 3.63) is 48.2 Å². The van der Waals surface area contributed by atoms with Crippen molar-refractivity contribution in [1.82, 2.24) is 9.88 Å². The first-order chi connectivity index (χ1) is 13.7. The van der Waals surface area contributed by atoms with E-state index in [1.54, 1.807) is 7.11 Å². The van der Waals surface area contributed by atoms with Crippen molar-refractivity contribution in [2.45, 2.75) is 0 Å². The number of carbonyl (C=O) groups is 1. The third kappa shape index (κ3) is 2.79. The van der Waals surface area contributed by atoms with Crippen LogP contribution in [0.2, 0.25) is 0 Å². The number of fused-ring (bicyclic) bond motifs is 2. The molecular weight excluding hydrogens is 358 g/mol. The topological polar surface area (TPSA) is 67.0 Å². The van der Waals surface area contributed by atoms with Gasteiger partial charge in [-0.15, -0.1) is 0 Å². The summed E-state index contributed by atoms with van der Waals surface area (Å²) in [5.41, 5.74) is 2.53. The van der Waals surface area contributed by atoms with Crippen LogP contribution in [0.15, 0.2) is 42.5 Å². The Morgan fingerprint density at radius 1 is 1.04 bits per heavy atom. The molecule has 0 atom stereocenters. The quantitative estimate of drug-likeness (QED) is 0.758. The van der Waals surface area contributed by atoms with Crippen LogP contribution in [0.3, 0.4) is 0 Å². The molecule has 0 saturated carbocycles. The van der Waals surface area contributed by atoms with Gasteiger partial charge in [0.25, 0.3) is 5.91 Å². The number of aromatic nitrogens is 1. The number of para-hydroxylation sites is 2. The van der Waals surface area contributed by atoms with Gasteiger partial charge in [-0.05, 0) is 24.3 Å². The maximum absolute atomic E-state index is 13.0. The summed E-state index contributed by atoms with van der Waals surface area (Å²) in [4.78, 5) is 20.3. The maximum Gasteiger partial charge on any atom is 0.270 e. The zero-order valence-corrected chi connectivity index (χ0v) is 15.6. The van der Waals surface area contributed by atoms with Crippen molar-refractivity contribution in [2.24, 2.45) is 0 Å². The Kier molecular flexibility index (Phi) is 4.00. The molecule has 0 spiro atoms. The maximum atomic E-state index is 13.0. The number of ether oxygens (including phenoxy) is 3. The molecule has 1 N–H and O–H groups in total. The normalized spacial score (nSPS) is 15.9. The molecule has 0 bridgehead atoms. The van der Waals surface area contributed by atoms with Crippen LogP contribution < -0.4 is 19.1 Å². The monoisotopic (exact) mass is 379 g/mol. The number of anilines is 1. The molecule has 0 aliphatic carbocycles. The Balaban J connectivity index is 1.31. The second-order valence-electron chi connectivity index (χ2n) is 6.93. The lowest BCUT2D eigenvalue weighted by atomic mass is 10.2. The number of hydrogen-bond acceptors (Lipinski definition) is 5. The summed E-state index contributed by atoms with van der Waals surface area (Å²) in [7, 11) is 1.68. The number of carbonyl (C=O) groups excluding carboxylic acids is 1. The fourth-order valence-electron chi connectivity index (χ4n) is 3.85. The van der Waals surface area contributed by atoms with E-state index in [1.807, 2.05) is 41.3 Å². The van der Waals surface area contributed by atoms with Gasteiger partial charge in [0, 0.05) is 43.1 Å². The molecule has 1 amide bonds. The zero-order chi connectivity index (χ0) is 19.1. The first kappa shape index (κ1) is 16.8. The first-order valence-corrected chi connectivity index (χ1v) is 9.32. The molecule has 0 radical (unpaired) electrons. The molecule has 0 unspecified atom stereocenters. The highest BCUT2D eigenvalue weighted by atomic mass is 16.7. The van der Waals surface area contributed by atoms with Crippen molar-refractivity contribution in [1.29, 1.82) is 0 Å². The van der Waals surface area contributed by atoms with Gasteiger partial charge in [-0.1, -0.05) is 12.1 Å². The lowest BCUT2D eigenvalue weighted by Crippen LogP contribution is -2.49. The largest absolute Gasteiger partial charge is 0.495 e. The van der Waals surface area contributed by atoms with Gasteiger partial charge >= 0.3 is 0 Å². The van der Waals surface area contributed by atoms with Gasteiger partial charge in [-0.3, -0.25) is 4.79 Å². The van der Waals surface area contributed by atoms with E-state index >= 15 is 0 Å². The number of nitrogens with zero attached hydrogens (tertiary/aromatic N) is 2. The average molecular weight is 379 g/mol. The molecule has 2 aliphatic rings. The van der Waals surface area contributed by atoms with Gasteiger partial charge in [0.05, 0.1) is 12.8 Å². The average Bonchev–Trinajstić information content (AvgIpc) is 3.37. The van der Waals surface area contributed by atoms with Crippen LogP contribution in [0.4, 0.5) is 5.69 Å². The lowest BCUT2D eigenvalue weighted by molar-refractivity contribution is 0.0741. The van der Waals surface area contributed by atoms with E-state index in [2.05, 4.69) is 16.0 Å². The number of nitrogens with one attached hydrogen (secondary N) is 1. The van der Waals surface area contributed by atoms with Crippen LogP contribution in [0.1, 0.15) is 10.5 Å². The Morgan fingerprint density at radius 3 is 2.57 bits per heavy atom. The molecule has 5 rings (SSSR count). The molecule has 1 saturated heterocycles. The lowest BCUT2D eigenvalue weighted by Gasteiger charge is -2.36. The highest BCUT2D eigenvalue weighted by molar-refractivity contribution is 5.99. The van der Waals surface area contributed by atoms with E-state index in [-0.39, 0.29) is 12.7 Å². The summed E-state index contributed by atoms with van der Waals surface area (Å²) in [5.74, 6) is 2.29. The van der Waals surface area contributed by atoms with E-state index in [1.165, 1.54) is 0 Å². The second kappa shape index (κ2) is 6.67. The Bertz CT molecular complexity index is 996. The predicted molar refractivity (Wildman–Crippen MR) is 106 cm³/mol. The Labute approximate surface area is 162 Å². The minimum atomic E-state index is 0.0119. The Morgan fingerprint density at radius 2 is 1.79 bits per heavy atom. The van der Waals surface area contributed by atoms with Crippen LogP contribution in [-0.4, -0.2) is 55.9 Å². The molecule has 1 aromatic heterocycles. The fraction of sp³-hybridized carbons (Fsp3) is 0.286. The molecule has 1 fully saturated rings. The zero-order valence-electron chi connectivity index (χ0n) is 15.6. The van der Waals surface area contributed by atoms with Gasteiger partial charge in [0.15, 0.2) is 11.5 Å². The smallest absolute Gasteiger partial charge is 0.270 e. The number of aromatic amines is 1.